The number of benzene rings is 1. The van der Waals surface area contributed by atoms with E-state index in [-0.39, 0.29) is 0 Å². The van der Waals surface area contributed by atoms with Crippen LogP contribution in [0.15, 0.2) is 30.6 Å². The smallest absolute Gasteiger partial charge is 0.0346 e. The molecule has 0 amide bonds. The summed E-state index contributed by atoms with van der Waals surface area (Å²) in [5.74, 6) is 0. The summed E-state index contributed by atoms with van der Waals surface area (Å²) in [6.07, 6.45) is 7.16. The van der Waals surface area contributed by atoms with E-state index in [2.05, 4.69) is 49.3 Å². The van der Waals surface area contributed by atoms with E-state index in [1.165, 1.54) is 33.4 Å². The summed E-state index contributed by atoms with van der Waals surface area (Å²) in [5.41, 5.74) is 8.19. The lowest BCUT2D eigenvalue weighted by atomic mass is 9.89. The summed E-state index contributed by atoms with van der Waals surface area (Å²) >= 11 is 0. The summed E-state index contributed by atoms with van der Waals surface area (Å²) in [6.45, 7) is 7.56. The predicted molar refractivity (Wildman–Crippen MR) is 90.6 cm³/mol. The van der Waals surface area contributed by atoms with Crippen molar-refractivity contribution in [1.82, 2.24) is 10.3 Å². The van der Waals surface area contributed by atoms with Gasteiger partial charge >= 0.3 is 0 Å². The van der Waals surface area contributed by atoms with Gasteiger partial charge in [-0.2, -0.15) is 0 Å². The second-order valence-corrected chi connectivity index (χ2v) is 5.46. The van der Waals surface area contributed by atoms with Gasteiger partial charge < -0.3 is 5.32 Å². The maximum Gasteiger partial charge on any atom is 0.0346 e. The molecule has 1 aromatic heterocycles. The van der Waals surface area contributed by atoms with E-state index in [0.29, 0.717) is 0 Å². The summed E-state index contributed by atoms with van der Waals surface area (Å²) in [5, 5.41) is 3.20. The molecule has 0 saturated heterocycles. The van der Waals surface area contributed by atoms with E-state index in [0.717, 1.165) is 25.8 Å². The predicted octanol–water partition coefficient (Wildman–Crippen LogP) is 4.16. The molecule has 0 saturated carbocycles. The number of nitrogens with one attached hydrogen (secondary N) is 1. The first-order valence-electron chi connectivity index (χ1n) is 7.96. The highest BCUT2D eigenvalue weighted by Crippen LogP contribution is 2.30. The Bertz CT molecular complexity index is 577. The lowest BCUT2D eigenvalue weighted by molar-refractivity contribution is 0.813. The molecule has 1 aromatic carbocycles. The third-order valence-corrected chi connectivity index (χ3v) is 4.00. The highest BCUT2D eigenvalue weighted by atomic mass is 14.8. The number of aromatic nitrogens is 1. The monoisotopic (exact) mass is 282 g/mol. The molecule has 2 heteroatoms. The Morgan fingerprint density at radius 2 is 1.52 bits per heavy atom. The van der Waals surface area contributed by atoms with E-state index in [9.17, 15) is 0 Å². The van der Waals surface area contributed by atoms with Crippen LogP contribution in [-0.4, -0.2) is 12.0 Å². The first kappa shape index (κ1) is 15.7. The zero-order valence-electron chi connectivity index (χ0n) is 13.7. The fourth-order valence-corrected chi connectivity index (χ4v) is 2.90. The lowest BCUT2D eigenvalue weighted by Crippen LogP contribution is -2.06. The fourth-order valence-electron chi connectivity index (χ4n) is 2.90. The van der Waals surface area contributed by atoms with Gasteiger partial charge in [0.15, 0.2) is 0 Å². The summed E-state index contributed by atoms with van der Waals surface area (Å²) in [7, 11) is 1.97. The van der Waals surface area contributed by atoms with Crippen molar-refractivity contribution >= 4 is 0 Å². The van der Waals surface area contributed by atoms with Crippen LogP contribution in [0.5, 0.6) is 0 Å². The van der Waals surface area contributed by atoms with E-state index < -0.39 is 0 Å². The Morgan fingerprint density at radius 3 is 2.05 bits per heavy atom. The summed E-state index contributed by atoms with van der Waals surface area (Å²) in [4.78, 5) is 4.43. The number of nitrogens with zero attached hydrogens (tertiary/aromatic N) is 1. The lowest BCUT2D eigenvalue weighted by Gasteiger charge is -2.16. The van der Waals surface area contributed by atoms with Crippen LogP contribution in [0.1, 0.15) is 43.0 Å². The molecule has 2 rings (SSSR count). The first-order chi connectivity index (χ1) is 10.2. The van der Waals surface area contributed by atoms with Crippen LogP contribution in [0, 0.1) is 0 Å². The maximum atomic E-state index is 4.43. The Balaban J connectivity index is 2.58. The molecule has 21 heavy (non-hydrogen) atoms. The Kier molecular flexibility index (Phi) is 5.51. The second-order valence-electron chi connectivity index (χ2n) is 5.46. The topological polar surface area (TPSA) is 24.9 Å². The highest BCUT2D eigenvalue weighted by Gasteiger charge is 2.11. The van der Waals surface area contributed by atoms with Crippen molar-refractivity contribution in [2.75, 3.05) is 7.05 Å². The number of rotatable bonds is 6. The molecule has 0 atom stereocenters. The molecule has 112 valence electrons. The van der Waals surface area contributed by atoms with Gasteiger partial charge in [0.1, 0.15) is 0 Å². The normalized spacial score (nSPS) is 10.9. The molecular formula is C19H26N2. The second kappa shape index (κ2) is 7.37. The van der Waals surface area contributed by atoms with E-state index in [4.69, 9.17) is 0 Å². The Morgan fingerprint density at radius 1 is 0.857 bits per heavy atom. The minimum Gasteiger partial charge on any atom is -0.316 e. The van der Waals surface area contributed by atoms with Crippen molar-refractivity contribution in [3.63, 3.8) is 0 Å². The molecule has 0 aliphatic heterocycles. The largest absolute Gasteiger partial charge is 0.316 e. The minimum absolute atomic E-state index is 0.858. The summed E-state index contributed by atoms with van der Waals surface area (Å²) < 4.78 is 0. The molecule has 0 fully saturated rings. The third-order valence-electron chi connectivity index (χ3n) is 4.00. The molecule has 1 N–H and O–H groups in total. The van der Waals surface area contributed by atoms with Gasteiger partial charge in [-0.25, -0.2) is 0 Å². The van der Waals surface area contributed by atoms with Crippen LogP contribution in [0.3, 0.4) is 0 Å². The number of hydrogen-bond donors (Lipinski definition) is 1. The summed E-state index contributed by atoms with van der Waals surface area (Å²) in [6, 6.07) is 6.99. The molecule has 0 unspecified atom stereocenters. The zero-order valence-corrected chi connectivity index (χ0v) is 13.7. The molecule has 0 radical (unpaired) electrons. The molecule has 2 aromatic rings. The minimum atomic E-state index is 0.858. The Hall–Kier alpha value is -1.67. The Labute approximate surface area is 128 Å². The molecule has 0 spiro atoms. The molecular weight excluding hydrogens is 256 g/mol. The standard InChI is InChI=1S/C19H26N2/c1-5-14-8-16(6-2)19(17(7-3)9-14)18-10-15(11-20-4)12-21-13-18/h8-10,12-13,20H,5-7,11H2,1-4H3. The average molecular weight is 282 g/mol. The van der Waals surface area contributed by atoms with Crippen molar-refractivity contribution in [3.05, 3.63) is 52.8 Å². The quantitative estimate of drug-likeness (QED) is 0.860. The van der Waals surface area contributed by atoms with Crippen LogP contribution in [0.25, 0.3) is 11.1 Å². The van der Waals surface area contributed by atoms with Gasteiger partial charge in [-0.05, 0) is 60.2 Å². The van der Waals surface area contributed by atoms with Crippen molar-refractivity contribution in [2.45, 2.75) is 46.6 Å². The van der Waals surface area contributed by atoms with Crippen LogP contribution in [-0.2, 0) is 25.8 Å². The van der Waals surface area contributed by atoms with Crippen molar-refractivity contribution in [3.8, 4) is 11.1 Å². The first-order valence-corrected chi connectivity index (χ1v) is 7.96. The van der Waals surface area contributed by atoms with Gasteiger partial charge in [-0.3, -0.25) is 4.98 Å². The maximum absolute atomic E-state index is 4.43. The molecule has 2 nitrogen and oxygen atoms in total. The zero-order chi connectivity index (χ0) is 15.2. The van der Waals surface area contributed by atoms with Crippen molar-refractivity contribution in [1.29, 1.82) is 0 Å². The number of pyridine rings is 1. The van der Waals surface area contributed by atoms with Crippen molar-refractivity contribution < 1.29 is 0 Å². The van der Waals surface area contributed by atoms with Gasteiger partial charge in [0, 0.05) is 24.5 Å². The molecule has 0 aliphatic rings. The SMILES string of the molecule is CCc1cc(CC)c(-c2cncc(CNC)c2)c(CC)c1. The van der Waals surface area contributed by atoms with Crippen LogP contribution in [0.2, 0.25) is 0 Å². The van der Waals surface area contributed by atoms with Gasteiger partial charge in [0.05, 0.1) is 0 Å². The van der Waals surface area contributed by atoms with Gasteiger partial charge in [-0.1, -0.05) is 32.9 Å². The molecule has 0 bridgehead atoms. The highest BCUT2D eigenvalue weighted by molar-refractivity contribution is 5.71. The number of hydrogen-bond acceptors (Lipinski definition) is 2. The average Bonchev–Trinajstić information content (AvgIpc) is 2.54. The van der Waals surface area contributed by atoms with E-state index >= 15 is 0 Å². The van der Waals surface area contributed by atoms with Gasteiger partial charge in [0.2, 0.25) is 0 Å². The molecule has 1 heterocycles. The van der Waals surface area contributed by atoms with Gasteiger partial charge in [0.25, 0.3) is 0 Å². The van der Waals surface area contributed by atoms with Crippen LogP contribution < -0.4 is 5.32 Å². The molecule has 0 aliphatic carbocycles. The van der Waals surface area contributed by atoms with Crippen molar-refractivity contribution in [2.24, 2.45) is 0 Å². The number of aryl methyl sites for hydroxylation is 3. The fraction of sp³-hybridized carbons (Fsp3) is 0.421. The van der Waals surface area contributed by atoms with E-state index in [1.807, 2.05) is 19.4 Å². The van der Waals surface area contributed by atoms with E-state index in [1.54, 1.807) is 0 Å². The van der Waals surface area contributed by atoms with Gasteiger partial charge in [-0.15, -0.1) is 0 Å². The van der Waals surface area contributed by atoms with Crippen LogP contribution >= 0.6 is 0 Å². The van der Waals surface area contributed by atoms with Crippen LogP contribution in [0.4, 0.5) is 0 Å². The third kappa shape index (κ3) is 3.51.